The molecule has 0 bridgehead atoms. The molecule has 0 spiro atoms. The van der Waals surface area contributed by atoms with Crippen LogP contribution in [0.3, 0.4) is 0 Å². The van der Waals surface area contributed by atoms with Crippen molar-refractivity contribution in [2.75, 3.05) is 33.8 Å². The van der Waals surface area contributed by atoms with E-state index in [0.717, 1.165) is 24.1 Å². The van der Waals surface area contributed by atoms with Crippen molar-refractivity contribution in [1.29, 1.82) is 0 Å². The summed E-state index contributed by atoms with van der Waals surface area (Å²) in [6, 6.07) is 5.78. The molecule has 2 rings (SSSR count). The number of nitrogens with one attached hydrogen (secondary N) is 1. The smallest absolute Gasteiger partial charge is 0.168 e. The van der Waals surface area contributed by atoms with Gasteiger partial charge in [0.2, 0.25) is 0 Å². The van der Waals surface area contributed by atoms with Gasteiger partial charge in [0.1, 0.15) is 5.75 Å². The number of rotatable bonds is 4. The van der Waals surface area contributed by atoms with Gasteiger partial charge in [0, 0.05) is 36.6 Å². The van der Waals surface area contributed by atoms with Crippen LogP contribution in [0, 0.1) is 0 Å². The van der Waals surface area contributed by atoms with Crippen LogP contribution in [0.25, 0.3) is 0 Å². The second-order valence-corrected chi connectivity index (χ2v) is 5.73. The molecule has 1 aromatic carbocycles. The van der Waals surface area contributed by atoms with E-state index in [4.69, 9.17) is 4.74 Å². The third kappa shape index (κ3) is 3.55. The normalized spacial score (nSPS) is 20.3. The van der Waals surface area contributed by atoms with E-state index < -0.39 is 0 Å². The second-order valence-electron chi connectivity index (χ2n) is 4.81. The molecule has 19 heavy (non-hydrogen) atoms. The maximum atomic E-state index is 12.4. The van der Waals surface area contributed by atoms with Crippen LogP contribution in [0.2, 0.25) is 0 Å². The van der Waals surface area contributed by atoms with Crippen LogP contribution in [0.4, 0.5) is 0 Å². The Kier molecular flexibility index (Phi) is 4.96. The lowest BCUT2D eigenvalue weighted by atomic mass is 10.0. The third-order valence-electron chi connectivity index (χ3n) is 3.53. The number of ketones is 1. The molecule has 0 amide bonds. The van der Waals surface area contributed by atoms with E-state index in [-0.39, 0.29) is 11.8 Å². The molecule has 4 nitrogen and oxygen atoms in total. The average molecular weight is 327 g/mol. The van der Waals surface area contributed by atoms with Crippen LogP contribution in [0.5, 0.6) is 5.75 Å². The van der Waals surface area contributed by atoms with Crippen LogP contribution >= 0.6 is 15.9 Å². The highest BCUT2D eigenvalue weighted by Gasteiger charge is 2.23. The number of ether oxygens (including phenoxy) is 1. The van der Waals surface area contributed by atoms with Crippen molar-refractivity contribution in [2.45, 2.75) is 12.5 Å². The van der Waals surface area contributed by atoms with Crippen LogP contribution < -0.4 is 10.1 Å². The Morgan fingerprint density at radius 2 is 2.37 bits per heavy atom. The summed E-state index contributed by atoms with van der Waals surface area (Å²) in [5.41, 5.74) is 0.649. The molecule has 0 radical (unpaired) electrons. The van der Waals surface area contributed by atoms with Gasteiger partial charge in [0.25, 0.3) is 0 Å². The Labute approximate surface area is 122 Å². The van der Waals surface area contributed by atoms with E-state index in [1.165, 1.54) is 0 Å². The highest BCUT2D eigenvalue weighted by Crippen LogP contribution is 2.25. The van der Waals surface area contributed by atoms with Gasteiger partial charge in [-0.15, -0.1) is 0 Å². The maximum absolute atomic E-state index is 12.4. The summed E-state index contributed by atoms with van der Waals surface area (Å²) in [5, 5.41) is 3.33. The van der Waals surface area contributed by atoms with Gasteiger partial charge < -0.3 is 15.0 Å². The Hall–Kier alpha value is -0.910. The molecule has 1 atom stereocenters. The number of halogens is 1. The Morgan fingerprint density at radius 3 is 3.05 bits per heavy atom. The molecule has 1 N–H and O–H groups in total. The van der Waals surface area contributed by atoms with Gasteiger partial charge in [-0.25, -0.2) is 0 Å². The van der Waals surface area contributed by atoms with E-state index >= 15 is 0 Å². The molecule has 1 aliphatic heterocycles. The quantitative estimate of drug-likeness (QED) is 0.858. The number of likely N-dealkylation sites (N-methyl/N-ethyl adjacent to an activating group) is 1. The summed E-state index contributed by atoms with van der Waals surface area (Å²) in [6.45, 7) is 2.83. The Morgan fingerprint density at radius 1 is 1.58 bits per heavy atom. The number of hydrogen-bond donors (Lipinski definition) is 1. The molecular weight excluding hydrogens is 308 g/mol. The highest BCUT2D eigenvalue weighted by atomic mass is 79.9. The predicted octanol–water partition coefficient (Wildman–Crippen LogP) is 1.93. The number of methoxy groups -OCH3 is 1. The molecule has 1 aromatic rings. The highest BCUT2D eigenvalue weighted by molar-refractivity contribution is 9.10. The molecule has 1 heterocycles. The average Bonchev–Trinajstić information content (AvgIpc) is 2.41. The first-order valence-electron chi connectivity index (χ1n) is 6.39. The monoisotopic (exact) mass is 326 g/mol. The summed E-state index contributed by atoms with van der Waals surface area (Å²) >= 11 is 3.40. The third-order valence-corrected chi connectivity index (χ3v) is 4.02. The zero-order chi connectivity index (χ0) is 13.8. The molecule has 1 unspecified atom stereocenters. The Balaban J connectivity index is 2.13. The molecule has 0 aromatic heterocycles. The van der Waals surface area contributed by atoms with E-state index in [1.807, 2.05) is 18.2 Å². The minimum absolute atomic E-state index is 0.124. The first-order valence-corrected chi connectivity index (χ1v) is 7.19. The topological polar surface area (TPSA) is 41.6 Å². The fourth-order valence-corrected chi connectivity index (χ4v) is 2.67. The molecule has 0 saturated carbocycles. The summed E-state index contributed by atoms with van der Waals surface area (Å²) in [4.78, 5) is 14.7. The Bertz CT molecular complexity index is 465. The number of piperazine rings is 1. The van der Waals surface area contributed by atoms with E-state index in [9.17, 15) is 4.79 Å². The van der Waals surface area contributed by atoms with Crippen LogP contribution in [0.1, 0.15) is 16.8 Å². The zero-order valence-corrected chi connectivity index (χ0v) is 12.9. The molecule has 104 valence electrons. The largest absolute Gasteiger partial charge is 0.496 e. The van der Waals surface area contributed by atoms with Gasteiger partial charge in [-0.05, 0) is 25.2 Å². The lowest BCUT2D eigenvalue weighted by molar-refractivity contribution is 0.0914. The van der Waals surface area contributed by atoms with Crippen molar-refractivity contribution >= 4 is 21.7 Å². The molecule has 1 aliphatic rings. The second kappa shape index (κ2) is 6.50. The van der Waals surface area contributed by atoms with Gasteiger partial charge in [-0.2, -0.15) is 0 Å². The molecule has 1 saturated heterocycles. The van der Waals surface area contributed by atoms with Crippen LogP contribution in [-0.2, 0) is 0 Å². The fraction of sp³-hybridized carbons (Fsp3) is 0.500. The van der Waals surface area contributed by atoms with Crippen molar-refractivity contribution in [2.24, 2.45) is 0 Å². The van der Waals surface area contributed by atoms with E-state index in [1.54, 1.807) is 7.11 Å². The van der Waals surface area contributed by atoms with Gasteiger partial charge in [0.05, 0.1) is 12.7 Å². The van der Waals surface area contributed by atoms with Crippen molar-refractivity contribution in [1.82, 2.24) is 10.2 Å². The SMILES string of the molecule is COc1ccc(Br)cc1C(=O)CC1CNCCN1C. The lowest BCUT2D eigenvalue weighted by Crippen LogP contribution is -2.50. The van der Waals surface area contributed by atoms with Gasteiger partial charge in [-0.3, -0.25) is 4.79 Å². The zero-order valence-electron chi connectivity index (χ0n) is 11.3. The van der Waals surface area contributed by atoms with Crippen LogP contribution in [0.15, 0.2) is 22.7 Å². The summed E-state index contributed by atoms with van der Waals surface area (Å²) < 4.78 is 6.16. The van der Waals surface area contributed by atoms with E-state index in [2.05, 4.69) is 33.2 Å². The summed E-state index contributed by atoms with van der Waals surface area (Å²) in [7, 11) is 3.66. The van der Waals surface area contributed by atoms with Gasteiger partial charge >= 0.3 is 0 Å². The predicted molar refractivity (Wildman–Crippen MR) is 78.9 cm³/mol. The molecule has 1 fully saturated rings. The number of benzene rings is 1. The maximum Gasteiger partial charge on any atom is 0.168 e. The minimum atomic E-state index is 0.124. The number of carbonyl (C=O) groups is 1. The summed E-state index contributed by atoms with van der Waals surface area (Å²) in [5.74, 6) is 0.762. The molecule has 0 aliphatic carbocycles. The lowest BCUT2D eigenvalue weighted by Gasteiger charge is -2.32. The van der Waals surface area contributed by atoms with Crippen molar-refractivity contribution in [3.63, 3.8) is 0 Å². The minimum Gasteiger partial charge on any atom is -0.496 e. The van der Waals surface area contributed by atoms with Gasteiger partial charge in [-0.1, -0.05) is 15.9 Å². The fourth-order valence-electron chi connectivity index (χ4n) is 2.31. The standard InChI is InChI=1S/C14H19BrN2O2/c1-17-6-5-16-9-11(17)8-13(18)12-7-10(15)3-4-14(12)19-2/h3-4,7,11,16H,5-6,8-9H2,1-2H3. The first kappa shape index (κ1) is 14.5. The van der Waals surface area contributed by atoms with Crippen molar-refractivity contribution in [3.8, 4) is 5.75 Å². The van der Waals surface area contributed by atoms with Crippen molar-refractivity contribution < 1.29 is 9.53 Å². The number of hydrogen-bond acceptors (Lipinski definition) is 4. The van der Waals surface area contributed by atoms with Crippen LogP contribution in [-0.4, -0.2) is 50.5 Å². The number of carbonyl (C=O) groups excluding carboxylic acids is 1. The number of nitrogens with zero attached hydrogens (tertiary/aromatic N) is 1. The number of Topliss-reactive ketones (excluding diaryl/α,β-unsaturated/α-hetero) is 1. The van der Waals surface area contributed by atoms with Crippen molar-refractivity contribution in [3.05, 3.63) is 28.2 Å². The van der Waals surface area contributed by atoms with E-state index in [0.29, 0.717) is 17.7 Å². The van der Waals surface area contributed by atoms with Gasteiger partial charge in [0.15, 0.2) is 5.78 Å². The summed E-state index contributed by atoms with van der Waals surface area (Å²) in [6.07, 6.45) is 0.510. The molecule has 5 heteroatoms. The molecular formula is C14H19BrN2O2. The first-order chi connectivity index (χ1) is 9.11.